The van der Waals surface area contributed by atoms with Gasteiger partial charge in [0.15, 0.2) is 0 Å². The van der Waals surface area contributed by atoms with E-state index in [2.05, 4.69) is 73.8 Å². The van der Waals surface area contributed by atoms with Gasteiger partial charge in [-0.1, -0.05) is 106 Å². The first-order valence-electron chi connectivity index (χ1n) is 15.1. The molecule has 6 nitrogen and oxygen atoms in total. The molecular formula is C34H53NO5. The largest absolute Gasteiger partial charge is 0.480 e. The molecule has 0 rings (SSSR count). The van der Waals surface area contributed by atoms with Crippen molar-refractivity contribution in [2.45, 2.75) is 116 Å². The molecule has 1 amide bonds. The van der Waals surface area contributed by atoms with Crippen molar-refractivity contribution in [1.29, 1.82) is 0 Å². The van der Waals surface area contributed by atoms with Gasteiger partial charge in [-0.15, -0.1) is 0 Å². The molecule has 224 valence electrons. The molecule has 0 spiro atoms. The van der Waals surface area contributed by atoms with Gasteiger partial charge in [0.1, 0.15) is 12.6 Å². The van der Waals surface area contributed by atoms with E-state index in [0.717, 1.165) is 77.0 Å². The zero-order chi connectivity index (χ0) is 29.5. The molecule has 0 saturated heterocycles. The molecule has 40 heavy (non-hydrogen) atoms. The number of ether oxygens (including phenoxy) is 1. The van der Waals surface area contributed by atoms with E-state index < -0.39 is 5.97 Å². The Hall–Kier alpha value is -3.15. The summed E-state index contributed by atoms with van der Waals surface area (Å²) in [7, 11) is 0. The zero-order valence-electron chi connectivity index (χ0n) is 24.9. The average molecular weight is 556 g/mol. The minimum absolute atomic E-state index is 0.221. The van der Waals surface area contributed by atoms with Crippen LogP contribution in [-0.4, -0.2) is 35.6 Å². The maximum absolute atomic E-state index is 12.4. The van der Waals surface area contributed by atoms with Gasteiger partial charge in [-0.05, 0) is 63.9 Å². The lowest BCUT2D eigenvalue weighted by atomic mass is 10.1. The molecule has 1 atom stereocenters. The fraction of sp³-hybridized carbons (Fsp3) is 0.559. The van der Waals surface area contributed by atoms with Crippen LogP contribution in [0.15, 0.2) is 72.9 Å². The fourth-order valence-electron chi connectivity index (χ4n) is 3.66. The Morgan fingerprint density at radius 1 is 0.725 bits per heavy atom. The molecule has 0 bridgehead atoms. The number of allylic oxidation sites excluding steroid dienone is 10. The van der Waals surface area contributed by atoms with Gasteiger partial charge in [-0.3, -0.25) is 14.4 Å². The number of carbonyl (C=O) groups excluding carboxylic acids is 2. The van der Waals surface area contributed by atoms with E-state index in [4.69, 9.17) is 9.84 Å². The van der Waals surface area contributed by atoms with E-state index in [9.17, 15) is 14.4 Å². The summed E-state index contributed by atoms with van der Waals surface area (Å²) in [5.74, 6) is -1.49. The van der Waals surface area contributed by atoms with Crippen molar-refractivity contribution in [2.75, 3.05) is 6.54 Å². The Kier molecular flexibility index (Phi) is 26.6. The number of aliphatic carboxylic acids is 1. The van der Waals surface area contributed by atoms with Gasteiger partial charge in [0, 0.05) is 6.42 Å². The first-order chi connectivity index (χ1) is 19.5. The molecule has 0 aromatic heterocycles. The van der Waals surface area contributed by atoms with Crippen LogP contribution in [0.2, 0.25) is 0 Å². The first-order valence-corrected chi connectivity index (χ1v) is 15.1. The van der Waals surface area contributed by atoms with Crippen LogP contribution in [0.3, 0.4) is 0 Å². The third-order valence-corrected chi connectivity index (χ3v) is 5.88. The van der Waals surface area contributed by atoms with Crippen LogP contribution in [0, 0.1) is 0 Å². The lowest BCUT2D eigenvalue weighted by Crippen LogP contribution is -2.28. The number of carboxylic acids is 1. The summed E-state index contributed by atoms with van der Waals surface area (Å²) in [5.41, 5.74) is 0. The molecule has 1 unspecified atom stereocenters. The summed E-state index contributed by atoms with van der Waals surface area (Å²) in [6.45, 7) is 3.95. The summed E-state index contributed by atoms with van der Waals surface area (Å²) >= 11 is 0. The number of nitrogens with one attached hydrogen (secondary N) is 1. The van der Waals surface area contributed by atoms with Gasteiger partial charge in [-0.2, -0.15) is 0 Å². The van der Waals surface area contributed by atoms with Crippen molar-refractivity contribution in [3.63, 3.8) is 0 Å². The molecule has 0 aliphatic heterocycles. The van der Waals surface area contributed by atoms with Gasteiger partial charge in [-0.25, -0.2) is 0 Å². The molecule has 0 radical (unpaired) electrons. The van der Waals surface area contributed by atoms with Crippen molar-refractivity contribution in [2.24, 2.45) is 0 Å². The molecule has 0 saturated carbocycles. The lowest BCUT2D eigenvalue weighted by molar-refractivity contribution is -0.146. The Morgan fingerprint density at radius 2 is 1.30 bits per heavy atom. The SMILES string of the molecule is CC/C=C\C/C=C\C/C=C\C/C=C\C/C=C\CC(=O)OC(/C=C\CCCC)CCCCCCC(=O)NCC(=O)O. The van der Waals surface area contributed by atoms with E-state index in [0.29, 0.717) is 12.8 Å². The average Bonchev–Trinajstić information content (AvgIpc) is 2.93. The number of hydrogen-bond donors (Lipinski definition) is 2. The van der Waals surface area contributed by atoms with Crippen LogP contribution in [-0.2, 0) is 19.1 Å². The van der Waals surface area contributed by atoms with Crippen molar-refractivity contribution in [1.82, 2.24) is 5.32 Å². The van der Waals surface area contributed by atoms with E-state index >= 15 is 0 Å². The van der Waals surface area contributed by atoms with Crippen molar-refractivity contribution >= 4 is 17.8 Å². The van der Waals surface area contributed by atoms with E-state index in [1.807, 2.05) is 18.2 Å². The predicted molar refractivity (Wildman–Crippen MR) is 166 cm³/mol. The van der Waals surface area contributed by atoms with Gasteiger partial charge in [0.25, 0.3) is 0 Å². The molecule has 0 fully saturated rings. The van der Waals surface area contributed by atoms with Crippen molar-refractivity contribution in [3.05, 3.63) is 72.9 Å². The number of carbonyl (C=O) groups is 3. The second-order valence-corrected chi connectivity index (χ2v) is 9.63. The summed E-state index contributed by atoms with van der Waals surface area (Å²) in [6, 6.07) is 0. The molecular weight excluding hydrogens is 502 g/mol. The molecule has 0 aromatic carbocycles. The Balaban J connectivity index is 4.21. The van der Waals surface area contributed by atoms with Gasteiger partial charge < -0.3 is 15.2 Å². The number of amides is 1. The molecule has 6 heteroatoms. The number of hydrogen-bond acceptors (Lipinski definition) is 4. The normalized spacial score (nSPS) is 13.1. The third-order valence-electron chi connectivity index (χ3n) is 5.88. The second kappa shape index (κ2) is 28.8. The Bertz CT molecular complexity index is 835. The molecule has 0 aliphatic rings. The lowest BCUT2D eigenvalue weighted by Gasteiger charge is -2.14. The van der Waals surface area contributed by atoms with E-state index in [1.54, 1.807) is 0 Å². The molecule has 0 aromatic rings. The van der Waals surface area contributed by atoms with Crippen LogP contribution in [0.1, 0.15) is 110 Å². The quantitative estimate of drug-likeness (QED) is 0.0671. The first kappa shape index (κ1) is 36.8. The van der Waals surface area contributed by atoms with Crippen LogP contribution in [0.5, 0.6) is 0 Å². The molecule has 2 N–H and O–H groups in total. The minimum Gasteiger partial charge on any atom is -0.480 e. The highest BCUT2D eigenvalue weighted by atomic mass is 16.5. The summed E-state index contributed by atoms with van der Waals surface area (Å²) in [4.78, 5) is 34.4. The van der Waals surface area contributed by atoms with Crippen LogP contribution in [0.25, 0.3) is 0 Å². The standard InChI is InChI=1S/C34H53NO5/c1-3-5-7-9-10-11-12-13-14-15-16-17-18-19-25-29-34(39)40-31(26-22-8-6-4-2)27-23-20-21-24-28-32(36)35-30-33(37)38/h5,7,10-11,13-14,16-17,19,22,25-26,31H,3-4,6,8-9,12,15,18,20-21,23-24,27-30H2,1-2H3,(H,35,36)(H,37,38)/b7-5-,11-10-,14-13-,17-16-,25-19-,26-22-. The highest BCUT2D eigenvalue weighted by Crippen LogP contribution is 2.13. The topological polar surface area (TPSA) is 92.7 Å². The van der Waals surface area contributed by atoms with Crippen molar-refractivity contribution in [3.8, 4) is 0 Å². The number of rotatable bonds is 25. The maximum Gasteiger partial charge on any atom is 0.322 e. The molecule has 0 aliphatic carbocycles. The Morgan fingerprint density at radius 3 is 1.88 bits per heavy atom. The van der Waals surface area contributed by atoms with Crippen LogP contribution >= 0.6 is 0 Å². The zero-order valence-corrected chi connectivity index (χ0v) is 24.9. The highest BCUT2D eigenvalue weighted by Gasteiger charge is 2.10. The molecule has 0 heterocycles. The monoisotopic (exact) mass is 555 g/mol. The minimum atomic E-state index is -1.04. The summed E-state index contributed by atoms with van der Waals surface area (Å²) in [6.07, 6.45) is 37.8. The van der Waals surface area contributed by atoms with Gasteiger partial charge >= 0.3 is 11.9 Å². The summed E-state index contributed by atoms with van der Waals surface area (Å²) in [5, 5.41) is 11.0. The Labute approximate surface area is 243 Å². The number of carboxylic acid groups (broad SMARTS) is 1. The van der Waals surface area contributed by atoms with Crippen LogP contribution in [0.4, 0.5) is 0 Å². The number of unbranched alkanes of at least 4 members (excludes halogenated alkanes) is 5. The van der Waals surface area contributed by atoms with Crippen molar-refractivity contribution < 1.29 is 24.2 Å². The van der Waals surface area contributed by atoms with E-state index in [-0.39, 0.29) is 30.9 Å². The maximum atomic E-state index is 12.4. The van der Waals surface area contributed by atoms with Gasteiger partial charge in [0.2, 0.25) is 5.91 Å². The van der Waals surface area contributed by atoms with Gasteiger partial charge in [0.05, 0.1) is 6.42 Å². The third kappa shape index (κ3) is 27.9. The van der Waals surface area contributed by atoms with E-state index in [1.165, 1.54) is 0 Å². The fourth-order valence-corrected chi connectivity index (χ4v) is 3.66. The predicted octanol–water partition coefficient (Wildman–Crippen LogP) is 8.33. The smallest absolute Gasteiger partial charge is 0.322 e. The second-order valence-electron chi connectivity index (χ2n) is 9.63. The summed E-state index contributed by atoms with van der Waals surface area (Å²) < 4.78 is 5.72. The number of esters is 1. The highest BCUT2D eigenvalue weighted by molar-refractivity contribution is 5.80. The van der Waals surface area contributed by atoms with Crippen LogP contribution < -0.4 is 5.32 Å².